The lowest BCUT2D eigenvalue weighted by Crippen LogP contribution is -3.17. The van der Waals surface area contributed by atoms with E-state index in [1.54, 1.807) is 6.92 Å². The number of quaternary nitrogens is 1. The molecule has 5 atom stereocenters. The van der Waals surface area contributed by atoms with Crippen molar-refractivity contribution in [1.82, 2.24) is 0 Å². The summed E-state index contributed by atoms with van der Waals surface area (Å²) in [4.78, 5) is -2.42. The van der Waals surface area contributed by atoms with Crippen LogP contribution in [0.4, 0.5) is 190 Å². The van der Waals surface area contributed by atoms with Gasteiger partial charge in [0.25, 0.3) is 0 Å². The van der Waals surface area contributed by atoms with Crippen molar-refractivity contribution >= 4 is 11.8 Å². The highest BCUT2D eigenvalue weighted by atomic mass is 19.4. The predicted octanol–water partition coefficient (Wildman–Crippen LogP) is 23.9. The Bertz CT molecular complexity index is 5180. The highest BCUT2D eigenvalue weighted by Crippen LogP contribution is 2.74. The first-order chi connectivity index (χ1) is 53.1. The minimum Gasteiger partial charge on any atom is -0.234 e. The van der Waals surface area contributed by atoms with E-state index in [4.69, 9.17) is 0 Å². The predicted molar refractivity (Wildman–Crippen MR) is 310 cm³/mol. The molecule has 0 saturated carbocycles. The van der Waals surface area contributed by atoms with E-state index in [0.717, 1.165) is 0 Å². The number of rotatable bonds is 15. The third-order valence-electron chi connectivity index (χ3n) is 21.0. The second kappa shape index (κ2) is 27.9. The molecule has 1 N–H and O–H groups in total. The van der Waals surface area contributed by atoms with Crippen LogP contribution in [0.2, 0.25) is 0 Å². The number of unbranched alkanes of at least 4 members (excludes halogenated alkanes) is 3. The van der Waals surface area contributed by atoms with Crippen molar-refractivity contribution in [3.63, 3.8) is 0 Å². The lowest BCUT2D eigenvalue weighted by Gasteiger charge is -2.60. The summed E-state index contributed by atoms with van der Waals surface area (Å²) < 4.78 is 655. The van der Waals surface area contributed by atoms with Gasteiger partial charge in [-0.05, 0) is 59.9 Å². The number of benzene rings is 9. The molecule has 115 heavy (non-hydrogen) atoms. The molecule has 0 radical (unpaired) electrons. The molecular weight excluding hydrogens is 1680 g/mol. The van der Waals surface area contributed by atoms with Crippen molar-refractivity contribution in [3.8, 4) is 44.5 Å². The van der Waals surface area contributed by atoms with Gasteiger partial charge in [-0.25, -0.2) is 137 Å². The number of hydrogen-bond donors (Lipinski definition) is 1. The summed E-state index contributed by atoms with van der Waals surface area (Å²) in [6, 6.07) is -9.20. The molecule has 0 heterocycles. The van der Waals surface area contributed by atoms with E-state index < -0.39 is 395 Å². The molecular formula is C71H28BF42N. The first-order valence-electron chi connectivity index (χ1n) is 32.1. The van der Waals surface area contributed by atoms with Crippen molar-refractivity contribution < 1.29 is 189 Å². The lowest BCUT2D eigenvalue weighted by atomic mass is 9.01. The topological polar surface area (TPSA) is 4.44 Å². The zero-order chi connectivity index (χ0) is 86.0. The van der Waals surface area contributed by atoms with E-state index in [2.05, 4.69) is 0 Å². The molecule has 13 rings (SSSR count). The summed E-state index contributed by atoms with van der Waals surface area (Å²) in [6.07, 6.45) is -15.0. The van der Waals surface area contributed by atoms with Gasteiger partial charge in [-0.1, -0.05) is 48.4 Å². The molecule has 0 bridgehead atoms. The Hall–Kier alpha value is -9.94. The van der Waals surface area contributed by atoms with Gasteiger partial charge in [-0.3, -0.25) is 0 Å². The van der Waals surface area contributed by atoms with Gasteiger partial charge >= 0.3 is 30.0 Å². The molecule has 9 aromatic rings. The quantitative estimate of drug-likeness (QED) is 0.0261. The molecule has 0 aromatic heterocycles. The maximum atomic E-state index is 17.7. The molecule has 1 nitrogen and oxygen atoms in total. The van der Waals surface area contributed by atoms with Crippen LogP contribution >= 0.6 is 0 Å². The molecule has 0 fully saturated rings. The lowest BCUT2D eigenvalue weighted by molar-refractivity contribution is -0.947. The van der Waals surface area contributed by atoms with Gasteiger partial charge in [0.1, 0.15) is 5.56 Å². The van der Waals surface area contributed by atoms with Crippen LogP contribution in [0.15, 0.2) is 30.3 Å². The van der Waals surface area contributed by atoms with Gasteiger partial charge in [-0.2, -0.15) is 43.9 Å². The first kappa shape index (κ1) is 84.5. The standard InChI is InChI=1S/C52H8BF28.C19H19F14N/c54-9-1-5-13(33(62)29(9)58)17-21(41(70)49(78)45(74)37(17)66)25(5)53(26-6-2-10(55)30(59)34(63)14(6)18-22(26)42(71)50(79)46(75)38(18)67,27-7-3-11(56)31(60)35(64)15(7)19-23(27)43(72)51(80)47(76)39(19)68)28-8-4-12(57)32(61)36(65)16(8)20-24(28)44(73)52(81)48(77)40(20)69;1-3-5-6-7-8-15(23,24)17(27,28)19(32,33)34(4-2)11-9-10(20)13(21)12(14(11)22)16(25,26)18(29,30)31/h1-4,25-28H;9H,3-8H2,1-2H3/q-1;/p+1. The highest BCUT2D eigenvalue weighted by molar-refractivity contribution is 6.88. The van der Waals surface area contributed by atoms with E-state index in [1.807, 2.05) is 0 Å². The van der Waals surface area contributed by atoms with E-state index in [0.29, 0.717) is 19.8 Å². The van der Waals surface area contributed by atoms with Gasteiger partial charge in [-0.15, -0.1) is 32.0 Å². The maximum Gasteiger partial charge on any atom is 0.464 e. The Morgan fingerprint density at radius 2 is 0.530 bits per heavy atom. The van der Waals surface area contributed by atoms with Crippen molar-refractivity contribution in [1.29, 1.82) is 0 Å². The minimum atomic E-state index is -6.75. The molecule has 5 unspecified atom stereocenters. The fourth-order valence-electron chi connectivity index (χ4n) is 16.5. The molecule has 0 aliphatic heterocycles. The molecule has 9 aromatic carbocycles. The van der Waals surface area contributed by atoms with Crippen LogP contribution in [-0.2, 0) is 5.92 Å². The van der Waals surface area contributed by atoms with Crippen LogP contribution in [0.5, 0.6) is 0 Å². The summed E-state index contributed by atoms with van der Waals surface area (Å²) in [7, 11) is 0. The van der Waals surface area contributed by atoms with Crippen LogP contribution in [0.25, 0.3) is 44.5 Å². The summed E-state index contributed by atoms with van der Waals surface area (Å²) >= 11 is 0. The van der Waals surface area contributed by atoms with Gasteiger partial charge in [0.05, 0.1) is 12.7 Å². The first-order valence-corrected chi connectivity index (χ1v) is 32.1. The fraction of sp³-hybridized carbons (Fsp3) is 0.239. The molecule has 614 valence electrons. The molecule has 44 heteroatoms. The molecule has 4 aliphatic rings. The summed E-state index contributed by atoms with van der Waals surface area (Å²) in [5.41, 5.74) is -43.7. The average molecular weight is 1700 g/mol. The second-order valence-electron chi connectivity index (χ2n) is 26.5. The monoisotopic (exact) mass is 1700 g/mol. The van der Waals surface area contributed by atoms with Crippen LogP contribution in [0.3, 0.4) is 0 Å². The van der Waals surface area contributed by atoms with Crippen LogP contribution in [-0.4, -0.2) is 36.8 Å². The number of nitrogens with one attached hydrogen (secondary N) is 1. The van der Waals surface area contributed by atoms with Gasteiger partial charge in [0, 0.05) is 57.0 Å². The van der Waals surface area contributed by atoms with Crippen LogP contribution in [0, 0.1) is 180 Å². The SMILES string of the molecule is CCCCCCC(F)(F)C(F)(F)C(F)(F)[NH+](CC)c1cc(F)c(F)c(C(F)(F)C(F)(F)F)c1F.Fc1cc2c(c(F)c1F)-c1c(F)c(F)c(F)c(F)c1C2[B-](C1c2cc(F)c(F)c(F)c2-c2c(F)c(F)c(F)c(F)c21)(C1c2cc(F)c(F)c(F)c2-c2c(F)c(F)c(F)c(F)c21)C1c2cc(F)c(F)c(F)c2-c2c(F)c(F)c(F)c(F)c21. The van der Waals surface area contributed by atoms with E-state index in [9.17, 15) is 61.5 Å². The largest absolute Gasteiger partial charge is 0.464 e. The zero-order valence-electron chi connectivity index (χ0n) is 55.4. The third-order valence-corrected chi connectivity index (χ3v) is 21.0. The van der Waals surface area contributed by atoms with E-state index in [1.165, 1.54) is 0 Å². The van der Waals surface area contributed by atoms with Crippen molar-refractivity contribution in [2.45, 2.75) is 99.2 Å². The molecule has 0 saturated heterocycles. The van der Waals surface area contributed by atoms with Gasteiger partial charge < -0.3 is 0 Å². The molecule has 4 aliphatic carbocycles. The van der Waals surface area contributed by atoms with Crippen molar-refractivity contribution in [2.75, 3.05) is 6.54 Å². The summed E-state index contributed by atoms with van der Waals surface area (Å²) in [6.45, 7) is 0.644. The number of hydrogen-bond acceptors (Lipinski definition) is 0. The maximum absolute atomic E-state index is 17.7. The van der Waals surface area contributed by atoms with Crippen LogP contribution < -0.4 is 4.90 Å². The third kappa shape index (κ3) is 11.3. The van der Waals surface area contributed by atoms with Crippen molar-refractivity contribution in [2.24, 2.45) is 0 Å². The van der Waals surface area contributed by atoms with Crippen LogP contribution in [0.1, 0.15) is 119 Å². The second-order valence-corrected chi connectivity index (χ2v) is 26.5. The Morgan fingerprint density at radius 1 is 0.278 bits per heavy atom. The Morgan fingerprint density at radius 3 is 0.783 bits per heavy atom. The summed E-state index contributed by atoms with van der Waals surface area (Å²) in [5.74, 6) is -130. The number of alkyl halides is 11. The molecule has 0 amide bonds. The Labute approximate surface area is 610 Å². The molecule has 0 spiro atoms. The van der Waals surface area contributed by atoms with Crippen molar-refractivity contribution in [3.05, 3.63) is 261 Å². The van der Waals surface area contributed by atoms with Gasteiger partial charge in [0.2, 0.25) is 0 Å². The smallest absolute Gasteiger partial charge is 0.234 e. The average Bonchev–Trinajstić information content (AvgIpc) is 1.48. The van der Waals surface area contributed by atoms with E-state index in [-0.39, 0.29) is 6.42 Å². The van der Waals surface area contributed by atoms with Gasteiger partial charge in [0.15, 0.2) is 186 Å². The Kier molecular flexibility index (Phi) is 20.5. The zero-order valence-corrected chi connectivity index (χ0v) is 55.4. The number of halogens is 42. The number of fused-ring (bicyclic) bond motifs is 12. The highest BCUT2D eigenvalue weighted by Gasteiger charge is 2.78. The minimum absolute atomic E-state index is 0.0359. The normalized spacial score (nSPS) is 16.9. The van der Waals surface area contributed by atoms with E-state index >= 15 is 123 Å². The Balaban J connectivity index is 0.000000303. The summed E-state index contributed by atoms with van der Waals surface area (Å²) in [5, 5.41) is 0. The fourth-order valence-corrected chi connectivity index (χ4v) is 16.5.